The zero-order valence-corrected chi connectivity index (χ0v) is 11.0. The minimum Gasteiger partial charge on any atom is -0.482 e. The van der Waals surface area contributed by atoms with Gasteiger partial charge in [0.1, 0.15) is 6.61 Å². The number of nitro groups is 1. The van der Waals surface area contributed by atoms with Gasteiger partial charge < -0.3 is 15.7 Å². The molecule has 21 heavy (non-hydrogen) atoms. The molecule has 2 aromatic rings. The molecule has 0 unspecified atom stereocenters. The Morgan fingerprint density at radius 1 is 1.29 bits per heavy atom. The van der Waals surface area contributed by atoms with Crippen LogP contribution in [0.25, 0.3) is 0 Å². The fraction of sp³-hybridized carbons (Fsp3) is 0.0714. The molecule has 108 valence electrons. The molecule has 0 saturated carbocycles. The van der Waals surface area contributed by atoms with E-state index >= 15 is 0 Å². The van der Waals surface area contributed by atoms with E-state index in [1.54, 1.807) is 36.4 Å². The maximum atomic E-state index is 10.9. The molecule has 0 radical (unpaired) electrons. The van der Waals surface area contributed by atoms with Gasteiger partial charge in [0.15, 0.2) is 11.6 Å². The van der Waals surface area contributed by atoms with Crippen LogP contribution >= 0.6 is 0 Å². The molecule has 0 saturated heterocycles. The first-order valence-corrected chi connectivity index (χ1v) is 6.05. The van der Waals surface area contributed by atoms with Gasteiger partial charge in [0.2, 0.25) is 0 Å². The van der Waals surface area contributed by atoms with Gasteiger partial charge in [-0.1, -0.05) is 35.5 Å². The van der Waals surface area contributed by atoms with Gasteiger partial charge in [-0.3, -0.25) is 10.1 Å². The number of para-hydroxylation sites is 2. The van der Waals surface area contributed by atoms with Crippen LogP contribution in [0.5, 0.6) is 5.75 Å². The standard InChI is InChI=1S/C14H13N3O4/c15-14(16-18)11-5-3-4-10(8-11)9-21-13-7-2-1-6-12(13)17(19)20/h1-8,18H,9H2,(H2,15,16). The van der Waals surface area contributed by atoms with E-state index in [2.05, 4.69) is 5.16 Å². The van der Waals surface area contributed by atoms with Crippen molar-refractivity contribution in [3.05, 3.63) is 69.8 Å². The van der Waals surface area contributed by atoms with Crippen LogP contribution in [0.4, 0.5) is 5.69 Å². The van der Waals surface area contributed by atoms with Gasteiger partial charge >= 0.3 is 5.69 Å². The molecule has 0 spiro atoms. The first-order chi connectivity index (χ1) is 10.1. The number of rotatable bonds is 5. The first kappa shape index (κ1) is 14.3. The third-order valence-corrected chi connectivity index (χ3v) is 2.79. The van der Waals surface area contributed by atoms with Gasteiger partial charge in [0.05, 0.1) is 4.92 Å². The van der Waals surface area contributed by atoms with Gasteiger partial charge in [0.25, 0.3) is 0 Å². The third kappa shape index (κ3) is 3.47. The molecule has 0 aliphatic carbocycles. The maximum absolute atomic E-state index is 10.9. The van der Waals surface area contributed by atoms with E-state index < -0.39 is 4.92 Å². The van der Waals surface area contributed by atoms with E-state index in [0.29, 0.717) is 5.56 Å². The predicted octanol–water partition coefficient (Wildman–Crippen LogP) is 2.27. The molecule has 0 aromatic heterocycles. The van der Waals surface area contributed by atoms with Gasteiger partial charge in [-0.2, -0.15) is 0 Å². The van der Waals surface area contributed by atoms with Crippen LogP contribution in [-0.4, -0.2) is 16.0 Å². The minimum atomic E-state index is -0.498. The average Bonchev–Trinajstić information content (AvgIpc) is 2.52. The Kier molecular flexibility index (Phi) is 4.35. The Balaban J connectivity index is 2.16. The van der Waals surface area contributed by atoms with E-state index in [9.17, 15) is 10.1 Å². The van der Waals surface area contributed by atoms with Crippen molar-refractivity contribution >= 4 is 11.5 Å². The molecule has 0 atom stereocenters. The van der Waals surface area contributed by atoms with E-state index in [1.807, 2.05) is 0 Å². The minimum absolute atomic E-state index is 0.0115. The monoisotopic (exact) mass is 287 g/mol. The number of hydrogen-bond acceptors (Lipinski definition) is 5. The number of nitrogens with zero attached hydrogens (tertiary/aromatic N) is 2. The number of hydrogen-bond donors (Lipinski definition) is 2. The van der Waals surface area contributed by atoms with Crippen LogP contribution in [0.15, 0.2) is 53.7 Å². The zero-order valence-electron chi connectivity index (χ0n) is 11.0. The van der Waals surface area contributed by atoms with Crippen molar-refractivity contribution in [2.24, 2.45) is 10.9 Å². The summed E-state index contributed by atoms with van der Waals surface area (Å²) >= 11 is 0. The van der Waals surface area contributed by atoms with Crippen molar-refractivity contribution in [1.82, 2.24) is 0 Å². The number of benzene rings is 2. The van der Waals surface area contributed by atoms with Crippen LogP contribution in [-0.2, 0) is 6.61 Å². The van der Waals surface area contributed by atoms with Crippen LogP contribution in [0.1, 0.15) is 11.1 Å². The number of amidine groups is 1. The second kappa shape index (κ2) is 6.38. The Bertz CT molecular complexity index is 685. The summed E-state index contributed by atoms with van der Waals surface area (Å²) in [7, 11) is 0. The van der Waals surface area contributed by atoms with E-state index in [4.69, 9.17) is 15.7 Å². The zero-order chi connectivity index (χ0) is 15.2. The summed E-state index contributed by atoms with van der Waals surface area (Å²) in [4.78, 5) is 10.4. The van der Waals surface area contributed by atoms with Crippen LogP contribution < -0.4 is 10.5 Å². The van der Waals surface area contributed by atoms with Crippen molar-refractivity contribution < 1.29 is 14.9 Å². The molecule has 7 nitrogen and oxygen atoms in total. The maximum Gasteiger partial charge on any atom is 0.310 e. The molecular weight excluding hydrogens is 274 g/mol. The highest BCUT2D eigenvalue weighted by Gasteiger charge is 2.13. The van der Waals surface area contributed by atoms with Crippen molar-refractivity contribution in [1.29, 1.82) is 0 Å². The van der Waals surface area contributed by atoms with Gasteiger partial charge in [-0.05, 0) is 17.7 Å². The van der Waals surface area contributed by atoms with Crippen LogP contribution in [0.3, 0.4) is 0 Å². The highest BCUT2D eigenvalue weighted by atomic mass is 16.6. The van der Waals surface area contributed by atoms with Crippen molar-refractivity contribution in [2.75, 3.05) is 0 Å². The average molecular weight is 287 g/mol. The number of nitrogens with two attached hydrogens (primary N) is 1. The van der Waals surface area contributed by atoms with Gasteiger partial charge in [-0.25, -0.2) is 0 Å². The Hall–Kier alpha value is -3.09. The van der Waals surface area contributed by atoms with Crippen LogP contribution in [0.2, 0.25) is 0 Å². The first-order valence-electron chi connectivity index (χ1n) is 6.05. The van der Waals surface area contributed by atoms with Gasteiger partial charge in [0, 0.05) is 11.6 Å². The summed E-state index contributed by atoms with van der Waals surface area (Å²) in [5, 5.41) is 22.4. The molecule has 3 N–H and O–H groups in total. The highest BCUT2D eigenvalue weighted by molar-refractivity contribution is 5.97. The lowest BCUT2D eigenvalue weighted by atomic mass is 10.1. The van der Waals surface area contributed by atoms with E-state index in [1.165, 1.54) is 12.1 Å². The summed E-state index contributed by atoms with van der Waals surface area (Å²) < 4.78 is 5.47. The normalized spacial score (nSPS) is 11.1. The molecule has 0 bridgehead atoms. The molecule has 2 rings (SSSR count). The van der Waals surface area contributed by atoms with Crippen molar-refractivity contribution in [3.8, 4) is 5.75 Å². The van der Waals surface area contributed by atoms with E-state index in [0.717, 1.165) is 5.56 Å². The number of ether oxygens (including phenoxy) is 1. The van der Waals surface area contributed by atoms with Gasteiger partial charge in [-0.15, -0.1) is 0 Å². The Labute approximate surface area is 120 Å². The molecule has 0 aliphatic heterocycles. The molecule has 2 aromatic carbocycles. The van der Waals surface area contributed by atoms with Crippen molar-refractivity contribution in [3.63, 3.8) is 0 Å². The Morgan fingerprint density at radius 3 is 2.76 bits per heavy atom. The number of oxime groups is 1. The molecule has 0 fully saturated rings. The molecular formula is C14H13N3O4. The fourth-order valence-corrected chi connectivity index (χ4v) is 1.77. The SMILES string of the molecule is N/C(=N\O)c1cccc(COc2ccccc2[N+](=O)[O-])c1. The summed E-state index contributed by atoms with van der Waals surface area (Å²) in [6, 6.07) is 13.0. The molecule has 0 heterocycles. The topological polar surface area (TPSA) is 111 Å². The lowest BCUT2D eigenvalue weighted by molar-refractivity contribution is -0.385. The summed E-state index contributed by atoms with van der Waals surface area (Å²) in [5.74, 6) is 0.180. The Morgan fingerprint density at radius 2 is 2.05 bits per heavy atom. The van der Waals surface area contributed by atoms with Crippen molar-refractivity contribution in [2.45, 2.75) is 6.61 Å². The summed E-state index contributed by atoms with van der Waals surface area (Å²) in [6.45, 7) is 0.136. The highest BCUT2D eigenvalue weighted by Crippen LogP contribution is 2.26. The fourth-order valence-electron chi connectivity index (χ4n) is 1.77. The van der Waals surface area contributed by atoms with Crippen LogP contribution in [0, 0.1) is 10.1 Å². The second-order valence-corrected chi connectivity index (χ2v) is 4.20. The number of nitro benzene ring substituents is 1. The lowest BCUT2D eigenvalue weighted by Gasteiger charge is -2.07. The molecule has 0 amide bonds. The summed E-state index contributed by atoms with van der Waals surface area (Å²) in [6.07, 6.45) is 0. The van der Waals surface area contributed by atoms with E-state index in [-0.39, 0.29) is 23.9 Å². The second-order valence-electron chi connectivity index (χ2n) is 4.20. The predicted molar refractivity (Wildman–Crippen MR) is 76.4 cm³/mol. The third-order valence-electron chi connectivity index (χ3n) is 2.79. The molecule has 0 aliphatic rings. The largest absolute Gasteiger partial charge is 0.482 e. The quantitative estimate of drug-likeness (QED) is 0.288. The smallest absolute Gasteiger partial charge is 0.310 e. The molecule has 7 heteroatoms. The summed E-state index contributed by atoms with van der Waals surface area (Å²) in [5.41, 5.74) is 6.70. The lowest BCUT2D eigenvalue weighted by Crippen LogP contribution is -2.13.